The third kappa shape index (κ3) is 5.72. The smallest absolute Gasteiger partial charge is 0.256 e. The van der Waals surface area contributed by atoms with Crippen LogP contribution in [0.2, 0.25) is 0 Å². The van der Waals surface area contributed by atoms with E-state index in [9.17, 15) is 9.59 Å². The van der Waals surface area contributed by atoms with E-state index in [2.05, 4.69) is 22.8 Å². The van der Waals surface area contributed by atoms with E-state index in [1.807, 2.05) is 55.5 Å². The molecule has 3 rings (SSSR count). The lowest BCUT2D eigenvalue weighted by Gasteiger charge is -2.13. The first kappa shape index (κ1) is 20.7. The number of para-hydroxylation sites is 1. The van der Waals surface area contributed by atoms with Gasteiger partial charge in [0.25, 0.3) is 11.8 Å². The SMILES string of the molecule is CCCNC(=O)c1ccccc1NC(=O)c1ccccc1SCc1ccccc1. The molecule has 0 aliphatic heterocycles. The third-order valence-electron chi connectivity index (χ3n) is 4.32. The highest BCUT2D eigenvalue weighted by Crippen LogP contribution is 2.27. The zero-order valence-corrected chi connectivity index (χ0v) is 17.2. The van der Waals surface area contributed by atoms with E-state index in [0.717, 1.165) is 17.1 Å². The van der Waals surface area contributed by atoms with Gasteiger partial charge in [-0.15, -0.1) is 11.8 Å². The molecule has 5 heteroatoms. The maximum Gasteiger partial charge on any atom is 0.256 e. The molecule has 0 radical (unpaired) electrons. The Kier molecular flexibility index (Phi) is 7.47. The number of carbonyl (C=O) groups is 2. The van der Waals surface area contributed by atoms with Crippen LogP contribution in [0.15, 0.2) is 83.8 Å². The lowest BCUT2D eigenvalue weighted by Crippen LogP contribution is -2.25. The van der Waals surface area contributed by atoms with Gasteiger partial charge in [-0.2, -0.15) is 0 Å². The van der Waals surface area contributed by atoms with Crippen LogP contribution >= 0.6 is 11.8 Å². The van der Waals surface area contributed by atoms with Crippen molar-refractivity contribution in [2.75, 3.05) is 11.9 Å². The minimum absolute atomic E-state index is 0.186. The monoisotopic (exact) mass is 404 g/mol. The van der Waals surface area contributed by atoms with Crippen molar-refractivity contribution in [3.63, 3.8) is 0 Å². The highest BCUT2D eigenvalue weighted by molar-refractivity contribution is 7.98. The summed E-state index contributed by atoms with van der Waals surface area (Å²) < 4.78 is 0. The molecule has 0 saturated carbocycles. The Labute approximate surface area is 175 Å². The number of anilines is 1. The molecule has 3 aromatic rings. The van der Waals surface area contributed by atoms with Crippen LogP contribution in [0.25, 0.3) is 0 Å². The quantitative estimate of drug-likeness (QED) is 0.496. The Morgan fingerprint density at radius 3 is 2.21 bits per heavy atom. The molecule has 0 spiro atoms. The predicted molar refractivity (Wildman–Crippen MR) is 119 cm³/mol. The average Bonchev–Trinajstić information content (AvgIpc) is 2.77. The number of hydrogen-bond acceptors (Lipinski definition) is 3. The number of nitrogens with one attached hydrogen (secondary N) is 2. The van der Waals surface area contributed by atoms with Crippen LogP contribution in [-0.4, -0.2) is 18.4 Å². The fraction of sp³-hybridized carbons (Fsp3) is 0.167. The normalized spacial score (nSPS) is 10.4. The summed E-state index contributed by atoms with van der Waals surface area (Å²) >= 11 is 1.62. The number of rotatable bonds is 8. The summed E-state index contributed by atoms with van der Waals surface area (Å²) in [6.07, 6.45) is 0.853. The van der Waals surface area contributed by atoms with Gasteiger partial charge in [-0.3, -0.25) is 9.59 Å². The molecule has 0 saturated heterocycles. The van der Waals surface area contributed by atoms with Crippen molar-refractivity contribution in [3.8, 4) is 0 Å². The van der Waals surface area contributed by atoms with Crippen LogP contribution in [0.4, 0.5) is 5.69 Å². The van der Waals surface area contributed by atoms with Gasteiger partial charge in [0, 0.05) is 17.2 Å². The molecule has 0 unspecified atom stereocenters. The minimum atomic E-state index is -0.225. The Morgan fingerprint density at radius 2 is 1.45 bits per heavy atom. The Morgan fingerprint density at radius 1 is 0.793 bits per heavy atom. The number of thioether (sulfide) groups is 1. The van der Waals surface area contributed by atoms with E-state index < -0.39 is 0 Å². The van der Waals surface area contributed by atoms with E-state index in [1.54, 1.807) is 30.0 Å². The van der Waals surface area contributed by atoms with E-state index in [4.69, 9.17) is 0 Å². The highest BCUT2D eigenvalue weighted by atomic mass is 32.2. The molecule has 4 nitrogen and oxygen atoms in total. The van der Waals surface area contributed by atoms with Crippen LogP contribution in [0.3, 0.4) is 0 Å². The number of amides is 2. The lowest BCUT2D eigenvalue weighted by atomic mass is 10.1. The highest BCUT2D eigenvalue weighted by Gasteiger charge is 2.16. The first-order valence-electron chi connectivity index (χ1n) is 9.63. The molecule has 0 fully saturated rings. The molecule has 0 aromatic heterocycles. The fourth-order valence-electron chi connectivity index (χ4n) is 2.83. The van der Waals surface area contributed by atoms with Gasteiger partial charge in [0.1, 0.15) is 0 Å². The van der Waals surface area contributed by atoms with E-state index in [-0.39, 0.29) is 11.8 Å². The molecule has 0 atom stereocenters. The van der Waals surface area contributed by atoms with Crippen LogP contribution in [0.1, 0.15) is 39.6 Å². The standard InChI is InChI=1S/C24H24N2O2S/c1-2-16-25-23(27)19-12-6-8-14-21(19)26-24(28)20-13-7-9-15-22(20)29-17-18-10-4-3-5-11-18/h3-15H,2,16-17H2,1H3,(H,25,27)(H,26,28). The molecule has 148 valence electrons. The molecular formula is C24H24N2O2S. The molecule has 2 amide bonds. The first-order valence-corrected chi connectivity index (χ1v) is 10.6. The zero-order chi connectivity index (χ0) is 20.5. The minimum Gasteiger partial charge on any atom is -0.352 e. The second-order valence-electron chi connectivity index (χ2n) is 6.53. The summed E-state index contributed by atoms with van der Waals surface area (Å²) in [5.74, 6) is 0.368. The van der Waals surface area contributed by atoms with Crippen molar-refractivity contribution in [1.82, 2.24) is 5.32 Å². The summed E-state index contributed by atoms with van der Waals surface area (Å²) in [7, 11) is 0. The number of benzene rings is 3. The van der Waals surface area contributed by atoms with E-state index >= 15 is 0 Å². The maximum absolute atomic E-state index is 13.0. The Bertz CT molecular complexity index is 973. The van der Waals surface area contributed by atoms with Gasteiger partial charge in [0.2, 0.25) is 0 Å². The van der Waals surface area contributed by atoms with E-state index in [0.29, 0.717) is 23.4 Å². The van der Waals surface area contributed by atoms with Gasteiger partial charge in [0.05, 0.1) is 16.8 Å². The van der Waals surface area contributed by atoms with Crippen LogP contribution < -0.4 is 10.6 Å². The molecule has 0 aliphatic carbocycles. The van der Waals surface area contributed by atoms with Crippen LogP contribution in [0.5, 0.6) is 0 Å². The van der Waals surface area contributed by atoms with Gasteiger partial charge in [-0.05, 0) is 36.2 Å². The van der Waals surface area contributed by atoms with Crippen molar-refractivity contribution in [2.24, 2.45) is 0 Å². The summed E-state index contributed by atoms with van der Waals surface area (Å²) in [6, 6.07) is 24.7. The number of carbonyl (C=O) groups excluding carboxylic acids is 2. The predicted octanol–water partition coefficient (Wildman–Crippen LogP) is 5.37. The second kappa shape index (κ2) is 10.5. The van der Waals surface area contributed by atoms with Gasteiger partial charge in [-0.25, -0.2) is 0 Å². The van der Waals surface area contributed by atoms with Gasteiger partial charge >= 0.3 is 0 Å². The first-order chi connectivity index (χ1) is 14.2. The topological polar surface area (TPSA) is 58.2 Å². The van der Waals surface area contributed by atoms with Crippen LogP contribution in [-0.2, 0) is 5.75 Å². The molecule has 0 heterocycles. The van der Waals surface area contributed by atoms with Crippen molar-refractivity contribution in [3.05, 3.63) is 95.6 Å². The van der Waals surface area contributed by atoms with Crippen LogP contribution in [0, 0.1) is 0 Å². The lowest BCUT2D eigenvalue weighted by molar-refractivity contribution is 0.0954. The average molecular weight is 405 g/mol. The molecule has 29 heavy (non-hydrogen) atoms. The zero-order valence-electron chi connectivity index (χ0n) is 16.4. The summed E-state index contributed by atoms with van der Waals surface area (Å²) in [5.41, 5.74) is 2.76. The fourth-order valence-corrected chi connectivity index (χ4v) is 3.83. The second-order valence-corrected chi connectivity index (χ2v) is 7.54. The molecule has 0 bridgehead atoms. The van der Waals surface area contributed by atoms with Crippen molar-refractivity contribution < 1.29 is 9.59 Å². The molecule has 0 aliphatic rings. The Hall–Kier alpha value is -3.05. The summed E-state index contributed by atoms with van der Waals surface area (Å²) in [6.45, 7) is 2.60. The maximum atomic E-state index is 13.0. The molecular weight excluding hydrogens is 380 g/mol. The molecule has 2 N–H and O–H groups in total. The summed E-state index contributed by atoms with van der Waals surface area (Å²) in [5, 5.41) is 5.77. The largest absolute Gasteiger partial charge is 0.352 e. The van der Waals surface area contributed by atoms with E-state index in [1.165, 1.54) is 5.56 Å². The van der Waals surface area contributed by atoms with Crippen molar-refractivity contribution >= 4 is 29.3 Å². The molecule has 3 aromatic carbocycles. The van der Waals surface area contributed by atoms with Gasteiger partial charge in [-0.1, -0.05) is 61.5 Å². The van der Waals surface area contributed by atoms with Crippen molar-refractivity contribution in [2.45, 2.75) is 24.0 Å². The van der Waals surface area contributed by atoms with Gasteiger partial charge < -0.3 is 10.6 Å². The third-order valence-corrected chi connectivity index (χ3v) is 5.47. The van der Waals surface area contributed by atoms with Gasteiger partial charge in [0.15, 0.2) is 0 Å². The summed E-state index contributed by atoms with van der Waals surface area (Å²) in [4.78, 5) is 26.3. The number of hydrogen-bond donors (Lipinski definition) is 2. The Balaban J connectivity index is 1.76. The van der Waals surface area contributed by atoms with Crippen molar-refractivity contribution in [1.29, 1.82) is 0 Å².